The van der Waals surface area contributed by atoms with Gasteiger partial charge in [0.15, 0.2) is 9.84 Å². The standard InChI is InChI=1S/C13H9ClF2O2S/c14-13-9(2-1-3-12(13)16)8-19(17,18)11-6-4-10(15)5-7-11/h1-7H,8H2. The summed E-state index contributed by atoms with van der Waals surface area (Å²) in [6.07, 6.45) is 0. The zero-order valence-corrected chi connectivity index (χ0v) is 11.2. The second kappa shape index (κ2) is 5.27. The lowest BCUT2D eigenvalue weighted by atomic mass is 10.2. The van der Waals surface area contributed by atoms with E-state index >= 15 is 0 Å². The van der Waals surface area contributed by atoms with Crippen molar-refractivity contribution in [2.45, 2.75) is 10.6 Å². The van der Waals surface area contributed by atoms with E-state index in [1.807, 2.05) is 0 Å². The summed E-state index contributed by atoms with van der Waals surface area (Å²) >= 11 is 5.71. The first-order chi connectivity index (χ1) is 8.90. The predicted molar refractivity (Wildman–Crippen MR) is 68.7 cm³/mol. The summed E-state index contributed by atoms with van der Waals surface area (Å²) in [5, 5.41) is -0.215. The molecular weight excluding hydrogens is 294 g/mol. The highest BCUT2D eigenvalue weighted by molar-refractivity contribution is 7.90. The van der Waals surface area contributed by atoms with Crippen LogP contribution < -0.4 is 0 Å². The van der Waals surface area contributed by atoms with Gasteiger partial charge in [0.05, 0.1) is 15.7 Å². The quantitative estimate of drug-likeness (QED) is 0.812. The third-order valence-electron chi connectivity index (χ3n) is 2.55. The highest BCUT2D eigenvalue weighted by atomic mass is 35.5. The largest absolute Gasteiger partial charge is 0.223 e. The number of sulfone groups is 1. The lowest BCUT2D eigenvalue weighted by Gasteiger charge is -2.07. The lowest BCUT2D eigenvalue weighted by molar-refractivity contribution is 0.593. The third kappa shape index (κ3) is 3.11. The van der Waals surface area contributed by atoms with E-state index in [2.05, 4.69) is 0 Å². The fourth-order valence-corrected chi connectivity index (χ4v) is 3.23. The second-order valence-electron chi connectivity index (χ2n) is 3.93. The van der Waals surface area contributed by atoms with Crippen molar-refractivity contribution in [3.63, 3.8) is 0 Å². The fraction of sp³-hybridized carbons (Fsp3) is 0.0769. The highest BCUT2D eigenvalue weighted by Gasteiger charge is 2.18. The Hall–Kier alpha value is -1.46. The Balaban J connectivity index is 2.36. The van der Waals surface area contributed by atoms with Gasteiger partial charge in [-0.2, -0.15) is 0 Å². The minimum atomic E-state index is -3.69. The summed E-state index contributed by atoms with van der Waals surface area (Å²) in [4.78, 5) is -0.0331. The van der Waals surface area contributed by atoms with Crippen molar-refractivity contribution >= 4 is 21.4 Å². The highest BCUT2D eigenvalue weighted by Crippen LogP contribution is 2.24. The predicted octanol–water partition coefficient (Wildman–Crippen LogP) is 3.59. The van der Waals surface area contributed by atoms with Crippen LogP contribution in [-0.4, -0.2) is 8.42 Å². The Morgan fingerprint density at radius 1 is 1.00 bits per heavy atom. The van der Waals surface area contributed by atoms with Gasteiger partial charge in [0, 0.05) is 0 Å². The minimum absolute atomic E-state index is 0.0331. The average molecular weight is 303 g/mol. The zero-order chi connectivity index (χ0) is 14.0. The number of hydrogen-bond donors (Lipinski definition) is 0. The van der Waals surface area contributed by atoms with E-state index in [9.17, 15) is 17.2 Å². The molecular formula is C13H9ClF2O2S. The molecule has 0 bridgehead atoms. The first kappa shape index (κ1) is 14.0. The smallest absolute Gasteiger partial charge is 0.182 e. The normalized spacial score (nSPS) is 11.5. The van der Waals surface area contributed by atoms with Gasteiger partial charge < -0.3 is 0 Å². The fourth-order valence-electron chi connectivity index (χ4n) is 1.59. The molecule has 0 radical (unpaired) electrons. The first-order valence-electron chi connectivity index (χ1n) is 5.31. The first-order valence-corrected chi connectivity index (χ1v) is 7.34. The molecule has 0 amide bonds. The van der Waals surface area contributed by atoms with Crippen molar-refractivity contribution in [3.05, 3.63) is 64.7 Å². The van der Waals surface area contributed by atoms with E-state index in [0.717, 1.165) is 30.3 Å². The molecule has 100 valence electrons. The van der Waals surface area contributed by atoms with Crippen LogP contribution in [0.25, 0.3) is 0 Å². The van der Waals surface area contributed by atoms with Gasteiger partial charge in [-0.05, 0) is 35.9 Å². The molecule has 0 saturated carbocycles. The molecule has 0 spiro atoms. The minimum Gasteiger partial charge on any atom is -0.223 e. The zero-order valence-electron chi connectivity index (χ0n) is 9.61. The van der Waals surface area contributed by atoms with E-state index < -0.39 is 27.2 Å². The van der Waals surface area contributed by atoms with Crippen LogP contribution in [0.4, 0.5) is 8.78 Å². The Labute approximate surface area is 114 Å². The summed E-state index contributed by atoms with van der Waals surface area (Å²) in [5.74, 6) is -1.63. The van der Waals surface area contributed by atoms with E-state index in [0.29, 0.717) is 0 Å². The third-order valence-corrected chi connectivity index (χ3v) is 4.65. The van der Waals surface area contributed by atoms with Crippen molar-refractivity contribution in [2.75, 3.05) is 0 Å². The van der Waals surface area contributed by atoms with Crippen molar-refractivity contribution in [1.29, 1.82) is 0 Å². The van der Waals surface area contributed by atoms with Crippen LogP contribution in [0, 0.1) is 11.6 Å². The van der Waals surface area contributed by atoms with Gasteiger partial charge in [-0.3, -0.25) is 0 Å². The summed E-state index contributed by atoms with van der Waals surface area (Å²) in [5.41, 5.74) is 0.172. The lowest BCUT2D eigenvalue weighted by Crippen LogP contribution is -2.06. The molecule has 2 aromatic carbocycles. The molecule has 2 aromatic rings. The Bertz CT molecular complexity index is 697. The van der Waals surface area contributed by atoms with Crippen LogP contribution in [0.1, 0.15) is 5.56 Å². The molecule has 0 aliphatic carbocycles. The maximum atomic E-state index is 13.2. The molecule has 0 unspecified atom stereocenters. The molecule has 0 N–H and O–H groups in total. The van der Waals surface area contributed by atoms with Crippen molar-refractivity contribution < 1.29 is 17.2 Å². The van der Waals surface area contributed by atoms with Crippen LogP contribution >= 0.6 is 11.6 Å². The molecule has 0 heterocycles. The number of halogens is 3. The van der Waals surface area contributed by atoms with Gasteiger partial charge >= 0.3 is 0 Å². The van der Waals surface area contributed by atoms with Gasteiger partial charge in [0.25, 0.3) is 0 Å². The molecule has 2 rings (SSSR count). The van der Waals surface area contributed by atoms with Gasteiger partial charge in [-0.1, -0.05) is 23.7 Å². The number of rotatable bonds is 3. The second-order valence-corrected chi connectivity index (χ2v) is 6.29. The molecule has 0 fully saturated rings. The number of benzene rings is 2. The van der Waals surface area contributed by atoms with Crippen LogP contribution in [0.3, 0.4) is 0 Å². The van der Waals surface area contributed by atoms with Crippen LogP contribution in [0.15, 0.2) is 47.4 Å². The van der Waals surface area contributed by atoms with Crippen LogP contribution in [0.5, 0.6) is 0 Å². The summed E-state index contributed by atoms with van der Waals surface area (Å²) in [7, 11) is -3.69. The van der Waals surface area contributed by atoms with Crippen molar-refractivity contribution in [1.82, 2.24) is 0 Å². The summed E-state index contributed by atoms with van der Waals surface area (Å²) in [6.45, 7) is 0. The van der Waals surface area contributed by atoms with Crippen molar-refractivity contribution in [2.24, 2.45) is 0 Å². The van der Waals surface area contributed by atoms with Gasteiger partial charge in [-0.25, -0.2) is 17.2 Å². The SMILES string of the molecule is O=S(=O)(Cc1cccc(F)c1Cl)c1ccc(F)cc1. The van der Waals surface area contributed by atoms with Crippen LogP contribution in [-0.2, 0) is 15.6 Å². The topological polar surface area (TPSA) is 34.1 Å². The van der Waals surface area contributed by atoms with Gasteiger partial charge in [-0.15, -0.1) is 0 Å². The molecule has 0 aliphatic rings. The molecule has 0 saturated heterocycles. The number of hydrogen-bond acceptors (Lipinski definition) is 2. The maximum Gasteiger partial charge on any atom is 0.182 e. The molecule has 6 heteroatoms. The van der Waals surface area contributed by atoms with Gasteiger partial charge in [0.2, 0.25) is 0 Å². The van der Waals surface area contributed by atoms with Crippen LogP contribution in [0.2, 0.25) is 5.02 Å². The maximum absolute atomic E-state index is 13.2. The monoisotopic (exact) mass is 302 g/mol. The molecule has 2 nitrogen and oxygen atoms in total. The Morgan fingerprint density at radius 3 is 2.26 bits per heavy atom. The van der Waals surface area contributed by atoms with E-state index in [4.69, 9.17) is 11.6 Å². The molecule has 0 atom stereocenters. The summed E-state index contributed by atoms with van der Waals surface area (Å²) in [6, 6.07) is 8.41. The van der Waals surface area contributed by atoms with E-state index in [1.165, 1.54) is 12.1 Å². The summed E-state index contributed by atoms with van der Waals surface area (Å²) < 4.78 is 50.1. The van der Waals surface area contributed by atoms with Gasteiger partial charge in [0.1, 0.15) is 11.6 Å². The van der Waals surface area contributed by atoms with E-state index in [1.54, 1.807) is 0 Å². The Kier molecular flexibility index (Phi) is 3.87. The molecule has 19 heavy (non-hydrogen) atoms. The van der Waals surface area contributed by atoms with Crippen molar-refractivity contribution in [3.8, 4) is 0 Å². The molecule has 0 aromatic heterocycles. The average Bonchev–Trinajstić information content (AvgIpc) is 2.35. The van der Waals surface area contributed by atoms with E-state index in [-0.39, 0.29) is 15.5 Å². The molecule has 0 aliphatic heterocycles. The Morgan fingerprint density at radius 2 is 1.63 bits per heavy atom.